The summed E-state index contributed by atoms with van der Waals surface area (Å²) in [6.07, 6.45) is 11.2. The minimum Gasteiger partial charge on any atom is -0.384 e. The van der Waals surface area contributed by atoms with Crippen molar-refractivity contribution in [1.82, 2.24) is 29.0 Å². The number of anilines is 1. The smallest absolute Gasteiger partial charge is 0.241 e. The Bertz CT molecular complexity index is 1120. The van der Waals surface area contributed by atoms with Crippen LogP contribution in [0.2, 0.25) is 5.15 Å². The van der Waals surface area contributed by atoms with E-state index in [-0.39, 0.29) is 0 Å². The number of halogens is 1. The van der Waals surface area contributed by atoms with Crippen LogP contribution in [-0.2, 0) is 4.74 Å². The van der Waals surface area contributed by atoms with Crippen molar-refractivity contribution in [3.05, 3.63) is 42.2 Å². The summed E-state index contributed by atoms with van der Waals surface area (Å²) in [5.74, 6) is 1.84. The predicted molar refractivity (Wildman–Crippen MR) is 102 cm³/mol. The van der Waals surface area contributed by atoms with Gasteiger partial charge in [0.25, 0.3) is 0 Å². The Morgan fingerprint density at radius 3 is 2.93 bits per heavy atom. The maximum atomic E-state index is 6.16. The van der Waals surface area contributed by atoms with Crippen LogP contribution in [-0.4, -0.2) is 48.7 Å². The fourth-order valence-corrected chi connectivity index (χ4v) is 3.78. The van der Waals surface area contributed by atoms with Crippen molar-refractivity contribution in [3.8, 4) is 11.1 Å². The van der Waals surface area contributed by atoms with Crippen molar-refractivity contribution < 1.29 is 4.74 Å². The fraction of sp³-hybridized carbons (Fsp3) is 0.333. The number of nitrogens with one attached hydrogen (secondary N) is 1. The van der Waals surface area contributed by atoms with Gasteiger partial charge < -0.3 is 10.1 Å². The molecule has 1 aliphatic rings. The van der Waals surface area contributed by atoms with Gasteiger partial charge in [-0.3, -0.25) is 4.40 Å². The van der Waals surface area contributed by atoms with E-state index in [4.69, 9.17) is 16.3 Å². The fourth-order valence-electron chi connectivity index (χ4n) is 3.60. The van der Waals surface area contributed by atoms with E-state index < -0.39 is 0 Å². The highest BCUT2D eigenvalue weighted by atomic mass is 35.5. The van der Waals surface area contributed by atoms with E-state index in [1.165, 1.54) is 0 Å². The molecule has 1 fully saturated rings. The standard InChI is InChI=1S/C18H18ClN7O/c1-27-10-11-4-13(5-11)23-17-20-7-15-14(2-3-26(15)24-17)12-6-21-18-22-8-16(19)25(18)9-12/h2-3,6-9,11,13H,4-5,10H2,1H3,(H,23,24)/t11-,13-. The molecule has 1 saturated carbocycles. The van der Waals surface area contributed by atoms with Crippen LogP contribution in [0.3, 0.4) is 0 Å². The third-order valence-electron chi connectivity index (χ3n) is 5.02. The summed E-state index contributed by atoms with van der Waals surface area (Å²) in [6.45, 7) is 0.818. The quantitative estimate of drug-likeness (QED) is 0.570. The molecular formula is C18H18ClN7O. The number of nitrogens with zero attached hydrogens (tertiary/aromatic N) is 6. The highest BCUT2D eigenvalue weighted by molar-refractivity contribution is 6.29. The Labute approximate surface area is 160 Å². The minimum absolute atomic E-state index is 0.410. The second-order valence-electron chi connectivity index (χ2n) is 6.87. The summed E-state index contributed by atoms with van der Waals surface area (Å²) in [5, 5.41) is 8.50. The molecule has 138 valence electrons. The lowest BCUT2D eigenvalue weighted by Gasteiger charge is -2.35. The van der Waals surface area contributed by atoms with Gasteiger partial charge in [0.05, 0.1) is 17.9 Å². The Hall–Kier alpha value is -2.71. The zero-order valence-corrected chi connectivity index (χ0v) is 15.5. The van der Waals surface area contributed by atoms with Crippen LogP contribution < -0.4 is 5.32 Å². The van der Waals surface area contributed by atoms with Crippen molar-refractivity contribution in [2.75, 3.05) is 19.0 Å². The van der Waals surface area contributed by atoms with Gasteiger partial charge in [0.15, 0.2) is 0 Å². The van der Waals surface area contributed by atoms with E-state index >= 15 is 0 Å². The van der Waals surface area contributed by atoms with Crippen molar-refractivity contribution in [3.63, 3.8) is 0 Å². The molecule has 0 radical (unpaired) electrons. The second-order valence-corrected chi connectivity index (χ2v) is 7.26. The molecule has 0 aromatic carbocycles. The van der Waals surface area contributed by atoms with E-state index in [9.17, 15) is 0 Å². The van der Waals surface area contributed by atoms with Gasteiger partial charge in [-0.2, -0.15) is 0 Å². The highest BCUT2D eigenvalue weighted by Crippen LogP contribution is 2.30. The molecule has 0 spiro atoms. The molecule has 0 bridgehead atoms. The average molecular weight is 384 g/mol. The number of ether oxygens (including phenoxy) is 1. The highest BCUT2D eigenvalue weighted by Gasteiger charge is 2.29. The van der Waals surface area contributed by atoms with Gasteiger partial charge in [0, 0.05) is 49.5 Å². The molecular weight excluding hydrogens is 366 g/mol. The molecule has 0 aliphatic heterocycles. The van der Waals surface area contributed by atoms with Crippen LogP contribution in [0.25, 0.3) is 22.4 Å². The maximum absolute atomic E-state index is 6.16. The van der Waals surface area contributed by atoms with Gasteiger partial charge in [-0.05, 0) is 24.8 Å². The zero-order chi connectivity index (χ0) is 18.4. The Kier molecular flexibility index (Phi) is 3.95. The predicted octanol–water partition coefficient (Wildman–Crippen LogP) is 2.93. The first-order chi connectivity index (χ1) is 13.2. The summed E-state index contributed by atoms with van der Waals surface area (Å²) in [5.41, 5.74) is 2.82. The van der Waals surface area contributed by atoms with E-state index in [2.05, 4.69) is 25.4 Å². The van der Waals surface area contributed by atoms with E-state index in [1.54, 1.807) is 23.9 Å². The molecule has 8 nitrogen and oxygen atoms in total. The normalized spacial score (nSPS) is 19.5. The first-order valence-corrected chi connectivity index (χ1v) is 9.18. The zero-order valence-electron chi connectivity index (χ0n) is 14.7. The molecule has 0 saturated heterocycles. The first kappa shape index (κ1) is 16.5. The third-order valence-corrected chi connectivity index (χ3v) is 5.30. The monoisotopic (exact) mass is 383 g/mol. The third kappa shape index (κ3) is 2.90. The number of imidazole rings is 1. The number of aromatic nitrogens is 6. The van der Waals surface area contributed by atoms with E-state index in [0.717, 1.165) is 36.1 Å². The van der Waals surface area contributed by atoms with Crippen LogP contribution in [0, 0.1) is 5.92 Å². The molecule has 9 heteroatoms. The lowest BCUT2D eigenvalue weighted by Crippen LogP contribution is -2.38. The Morgan fingerprint density at radius 1 is 1.22 bits per heavy atom. The van der Waals surface area contributed by atoms with Crippen LogP contribution in [0.4, 0.5) is 5.95 Å². The molecule has 0 atom stereocenters. The molecule has 1 aliphatic carbocycles. The van der Waals surface area contributed by atoms with Gasteiger partial charge in [0.2, 0.25) is 11.7 Å². The number of fused-ring (bicyclic) bond motifs is 2. The SMILES string of the molecule is COC[C@H]1C[C@H](Nc2ncc3c(-c4cnc5ncc(Cl)n5c4)ccn3n2)C1. The summed E-state index contributed by atoms with van der Waals surface area (Å²) in [6, 6.07) is 2.41. The van der Waals surface area contributed by atoms with Gasteiger partial charge in [-0.15, -0.1) is 5.10 Å². The minimum atomic E-state index is 0.410. The Balaban J connectivity index is 1.41. The van der Waals surface area contributed by atoms with Crippen LogP contribution in [0.5, 0.6) is 0 Å². The van der Waals surface area contributed by atoms with Crippen molar-refractivity contribution in [2.45, 2.75) is 18.9 Å². The Morgan fingerprint density at radius 2 is 2.07 bits per heavy atom. The van der Waals surface area contributed by atoms with Crippen molar-refractivity contribution in [1.29, 1.82) is 0 Å². The summed E-state index contributed by atoms with van der Waals surface area (Å²) in [4.78, 5) is 13.0. The number of hydrogen-bond donors (Lipinski definition) is 1. The number of hydrogen-bond acceptors (Lipinski definition) is 6. The molecule has 4 aromatic heterocycles. The molecule has 0 amide bonds. The van der Waals surface area contributed by atoms with Crippen molar-refractivity contribution in [2.24, 2.45) is 5.92 Å². The number of methoxy groups -OCH3 is 1. The van der Waals surface area contributed by atoms with Crippen LogP contribution >= 0.6 is 11.6 Å². The first-order valence-electron chi connectivity index (χ1n) is 8.80. The van der Waals surface area contributed by atoms with Gasteiger partial charge >= 0.3 is 0 Å². The topological polar surface area (TPSA) is 81.6 Å². The summed E-state index contributed by atoms with van der Waals surface area (Å²) < 4.78 is 8.78. The molecule has 5 rings (SSSR count). The maximum Gasteiger partial charge on any atom is 0.241 e. The van der Waals surface area contributed by atoms with Gasteiger partial charge in [-0.1, -0.05) is 11.6 Å². The molecule has 0 unspecified atom stereocenters. The van der Waals surface area contributed by atoms with E-state index in [1.807, 2.05) is 29.2 Å². The van der Waals surface area contributed by atoms with Crippen LogP contribution in [0.15, 0.2) is 37.1 Å². The molecule has 4 heterocycles. The molecule has 4 aromatic rings. The molecule has 27 heavy (non-hydrogen) atoms. The lowest BCUT2D eigenvalue weighted by atomic mass is 9.81. The van der Waals surface area contributed by atoms with Crippen LogP contribution in [0.1, 0.15) is 12.8 Å². The van der Waals surface area contributed by atoms with Crippen molar-refractivity contribution >= 4 is 28.8 Å². The second kappa shape index (κ2) is 6.47. The van der Waals surface area contributed by atoms with Gasteiger partial charge in [-0.25, -0.2) is 19.5 Å². The van der Waals surface area contributed by atoms with E-state index in [0.29, 0.717) is 28.8 Å². The largest absolute Gasteiger partial charge is 0.384 e. The molecule has 1 N–H and O–H groups in total. The van der Waals surface area contributed by atoms with Gasteiger partial charge in [0.1, 0.15) is 5.15 Å². The summed E-state index contributed by atoms with van der Waals surface area (Å²) in [7, 11) is 1.75. The average Bonchev–Trinajstić information content (AvgIpc) is 3.23. The lowest BCUT2D eigenvalue weighted by molar-refractivity contribution is 0.104. The summed E-state index contributed by atoms with van der Waals surface area (Å²) >= 11 is 6.16. The number of rotatable bonds is 5.